The number of phenols is 2. The molecule has 5 aromatic rings. The van der Waals surface area contributed by atoms with E-state index >= 15 is 0 Å². The number of benzene rings is 4. The fourth-order valence-corrected chi connectivity index (χ4v) is 14.4. The van der Waals surface area contributed by atoms with Crippen molar-refractivity contribution in [1.82, 2.24) is 4.98 Å². The number of hydrogen-bond donors (Lipinski definition) is 7. The molecule has 2 saturated carbocycles. The summed E-state index contributed by atoms with van der Waals surface area (Å²) in [6, 6.07) is 27.0. The Morgan fingerprint density at radius 2 is 1.66 bits per heavy atom. The fourth-order valence-electron chi connectivity index (χ4n) is 11.9. The Morgan fingerprint density at radius 3 is 2.47 bits per heavy atom. The van der Waals surface area contributed by atoms with Crippen LogP contribution in [0.15, 0.2) is 103 Å². The number of hydrogen-bond acceptors (Lipinski definition) is 11. The Bertz CT molecular complexity index is 2810. The van der Waals surface area contributed by atoms with Crippen molar-refractivity contribution < 1.29 is 34.8 Å². The Hall–Kier alpha value is -5.26. The summed E-state index contributed by atoms with van der Waals surface area (Å²) < 4.78 is 6.19. The number of aliphatic hydroxyl groups excluding tert-OH is 2. The third kappa shape index (κ3) is 13.4. The van der Waals surface area contributed by atoms with Crippen molar-refractivity contribution in [3.63, 3.8) is 0 Å². The molecule has 1 aliphatic heterocycles. The number of nitrogens with two attached hydrogens (primary N) is 2. The molecule has 6 unspecified atom stereocenters. The zero-order valence-electron chi connectivity index (χ0n) is 41.8. The van der Waals surface area contributed by atoms with E-state index in [-0.39, 0.29) is 60.5 Å². The minimum Gasteiger partial charge on any atom is -0.508 e. The van der Waals surface area contributed by atoms with Crippen LogP contribution in [-0.2, 0) is 36.2 Å². The zero-order chi connectivity index (χ0) is 50.9. The van der Waals surface area contributed by atoms with E-state index in [4.69, 9.17) is 16.2 Å². The third-order valence-corrected chi connectivity index (χ3v) is 18.6. The number of aryl methyl sites for hydroxylation is 2. The fraction of sp³-hybridized carbons (Fsp3) is 0.443. The second-order valence-corrected chi connectivity index (χ2v) is 23.7. The molecule has 6 atom stereocenters. The molecule has 9 N–H and O–H groups in total. The lowest BCUT2D eigenvalue weighted by molar-refractivity contribution is -0.114. The minimum atomic E-state index is -0.798. The van der Waals surface area contributed by atoms with E-state index in [9.17, 15) is 30.0 Å². The van der Waals surface area contributed by atoms with E-state index < -0.39 is 23.6 Å². The first kappa shape index (κ1) is 52.6. The molecule has 384 valence electrons. The quantitative estimate of drug-likeness (QED) is 0.0400. The van der Waals surface area contributed by atoms with Crippen molar-refractivity contribution in [2.75, 3.05) is 12.4 Å². The van der Waals surface area contributed by atoms with E-state index in [1.807, 2.05) is 30.3 Å². The van der Waals surface area contributed by atoms with Gasteiger partial charge in [-0.15, -0.1) is 0 Å². The number of H-pyrrole nitrogens is 1. The molecule has 0 radical (unpaired) electrons. The highest BCUT2D eigenvalue weighted by Crippen LogP contribution is 2.50. The van der Waals surface area contributed by atoms with Crippen molar-refractivity contribution >= 4 is 33.2 Å². The van der Waals surface area contributed by atoms with Crippen LogP contribution < -0.4 is 16.2 Å². The summed E-state index contributed by atoms with van der Waals surface area (Å²) in [5, 5.41) is 46.0. The first-order chi connectivity index (χ1) is 35.4. The summed E-state index contributed by atoms with van der Waals surface area (Å²) in [7, 11) is 3.38. The second kappa shape index (κ2) is 24.4. The molecule has 0 saturated heterocycles. The first-order valence-corrected chi connectivity index (χ1v) is 28.9. The zero-order valence-corrected chi connectivity index (χ0v) is 43.4. The number of aromatic amines is 1. The lowest BCUT2D eigenvalue weighted by atomic mass is 9.76. The summed E-state index contributed by atoms with van der Waals surface area (Å²) in [5.41, 5.74) is 20.7. The normalized spacial score (nSPS) is 22.8. The van der Waals surface area contributed by atoms with Crippen LogP contribution in [0.1, 0.15) is 150 Å². The molecule has 12 heteroatoms. The molecule has 8 bridgehead atoms. The van der Waals surface area contributed by atoms with Gasteiger partial charge in [0.05, 0.1) is 31.4 Å². The Labute approximate surface area is 438 Å². The number of aromatic nitrogens is 1. The van der Waals surface area contributed by atoms with Gasteiger partial charge in [-0.2, -0.15) is 0 Å². The van der Waals surface area contributed by atoms with Crippen molar-refractivity contribution in [2.45, 2.75) is 133 Å². The lowest BCUT2D eigenvalue weighted by Crippen LogP contribution is -2.24. The number of carbonyl (C=O) groups is 2. The van der Waals surface area contributed by atoms with Crippen LogP contribution in [0.5, 0.6) is 17.2 Å². The van der Waals surface area contributed by atoms with Crippen molar-refractivity contribution in [3.05, 3.63) is 159 Å². The summed E-state index contributed by atoms with van der Waals surface area (Å²) in [6.45, 7) is 0.222. The number of carbonyl (C=O) groups excluding carboxylic acids is 2. The molecule has 10 nitrogen and oxygen atoms in total. The molecular formula is C61H71N3O7S2. The number of phenolic OH excluding ortho intramolecular Hbond substituents is 2. The van der Waals surface area contributed by atoms with Crippen LogP contribution in [0.2, 0.25) is 0 Å². The predicted molar refractivity (Wildman–Crippen MR) is 293 cm³/mol. The smallest absolute Gasteiger partial charge is 0.165 e. The van der Waals surface area contributed by atoms with Gasteiger partial charge < -0.3 is 41.6 Å². The molecule has 9 rings (SSSR count). The maximum Gasteiger partial charge on any atom is 0.165 e. The average molecular weight is 1020 g/mol. The number of aliphatic hydroxyl groups is 2. The van der Waals surface area contributed by atoms with Crippen molar-refractivity contribution in [3.8, 4) is 29.1 Å². The van der Waals surface area contributed by atoms with Crippen molar-refractivity contribution in [2.24, 2.45) is 34.6 Å². The highest BCUT2D eigenvalue weighted by Gasteiger charge is 2.43. The molecule has 4 aliphatic rings. The number of allylic oxidation sites excluding steroid dienone is 2. The highest BCUT2D eigenvalue weighted by molar-refractivity contribution is 8.76. The molecule has 3 aliphatic carbocycles. The van der Waals surface area contributed by atoms with Crippen LogP contribution in [-0.4, -0.2) is 61.5 Å². The van der Waals surface area contributed by atoms with E-state index in [1.54, 1.807) is 58.1 Å². The van der Waals surface area contributed by atoms with Crippen LogP contribution in [0.4, 0.5) is 0 Å². The topological polar surface area (TPSA) is 192 Å². The van der Waals surface area contributed by atoms with Gasteiger partial charge in [0.15, 0.2) is 23.1 Å². The monoisotopic (exact) mass is 1020 g/mol. The predicted octanol–water partition coefficient (Wildman–Crippen LogP) is 11.0. The number of rotatable bonds is 10. The van der Waals surface area contributed by atoms with Crippen LogP contribution >= 0.6 is 21.6 Å². The number of fused-ring (bicyclic) bond motifs is 9. The number of aromatic hydroxyl groups is 2. The maximum absolute atomic E-state index is 14.3. The van der Waals surface area contributed by atoms with Gasteiger partial charge in [-0.1, -0.05) is 107 Å². The molecule has 0 amide bonds. The number of Topliss-reactive ketones (excluding diaryl/α,β-unsaturated/α-hetero) is 1. The Balaban J connectivity index is 1.03. The first-order valence-electron chi connectivity index (χ1n) is 26.4. The lowest BCUT2D eigenvalue weighted by Gasteiger charge is -2.30. The summed E-state index contributed by atoms with van der Waals surface area (Å²) in [5.74, 6) is 8.27. The molecular weight excluding hydrogens is 951 g/mol. The van der Waals surface area contributed by atoms with Crippen LogP contribution in [0.3, 0.4) is 0 Å². The second-order valence-electron chi connectivity index (χ2n) is 21.2. The summed E-state index contributed by atoms with van der Waals surface area (Å²) >= 11 is 0. The van der Waals surface area contributed by atoms with E-state index in [2.05, 4.69) is 53.2 Å². The minimum absolute atomic E-state index is 0.00148. The van der Waals surface area contributed by atoms with Gasteiger partial charge in [-0.3, -0.25) is 9.59 Å². The van der Waals surface area contributed by atoms with Gasteiger partial charge >= 0.3 is 0 Å². The number of ether oxygens (including phenoxy) is 1. The highest BCUT2D eigenvalue weighted by atomic mass is 33.1. The maximum atomic E-state index is 14.3. The summed E-state index contributed by atoms with van der Waals surface area (Å²) in [4.78, 5) is 31.3. The van der Waals surface area contributed by atoms with Crippen LogP contribution in [0.25, 0.3) is 0 Å². The average Bonchev–Trinajstić information content (AvgIpc) is 4.17. The van der Waals surface area contributed by atoms with E-state index in [0.717, 1.165) is 84.9 Å². The molecule has 4 aromatic carbocycles. The van der Waals surface area contributed by atoms with Crippen LogP contribution in [0, 0.1) is 35.0 Å². The molecule has 1 aromatic heterocycles. The Morgan fingerprint density at radius 1 is 0.863 bits per heavy atom. The Kier molecular flexibility index (Phi) is 17.6. The van der Waals surface area contributed by atoms with Crippen molar-refractivity contribution in [1.29, 1.82) is 0 Å². The van der Waals surface area contributed by atoms with E-state index in [0.29, 0.717) is 65.5 Å². The third-order valence-electron chi connectivity index (χ3n) is 16.1. The summed E-state index contributed by atoms with van der Waals surface area (Å²) in [6.07, 6.45) is 15.7. The van der Waals surface area contributed by atoms with Gasteiger partial charge in [-0.25, -0.2) is 0 Å². The van der Waals surface area contributed by atoms with E-state index in [1.165, 1.54) is 18.4 Å². The molecule has 2 heterocycles. The molecule has 0 spiro atoms. The van der Waals surface area contributed by atoms with Gasteiger partial charge in [0.25, 0.3) is 0 Å². The standard InChI is InChI=1S/C61H71N3O7S2/c62-60(63)50-32-44-11-6-12-53-48(23-27-64-53)57(69)34-51-49(44)33-45(50)37-72-73-38-46-35-61(36-58(46)70,25-21-41(14-13-39-7-2-1-3-8-39)30-56(68)43-9-4-5-10-43)26-22-47(65)18-15-40-17-20-55(67)59(31-40)71-28-24-42-16-19-54(66)52(51)29-42/h1-3,7-8,16-17,19-20,22-23,26-27,29,31-33,41,43,46,51,56,58,60,64,66-68,70H,4-5,9-10,12-15,18,21,24-25,28,30,34-38,62-63H2. The molecule has 73 heavy (non-hydrogen) atoms. The van der Waals surface area contributed by atoms with Gasteiger partial charge in [0.2, 0.25) is 0 Å². The van der Waals surface area contributed by atoms with Gasteiger partial charge in [0.1, 0.15) is 5.75 Å². The number of nitrogens with one attached hydrogen (secondary N) is 1. The number of ketones is 2. The molecule has 2 fully saturated rings. The SMILES string of the molecule is NC(N)c1cc2c3cc1CSSCC1CC(CCC(CCc4ccccc4)CC(O)C4CCCC4)(C=CC(=O)CCc4ccc(O)c(c4)OCCc4ccc(O)c(c4)C3CC(=O)c3cc[nH]c3CC#C2)CC1O. The van der Waals surface area contributed by atoms with Gasteiger partial charge in [0, 0.05) is 65.3 Å². The largest absolute Gasteiger partial charge is 0.508 e. The van der Waals surface area contributed by atoms with Gasteiger partial charge in [-0.05, 0) is 157 Å².